The Morgan fingerprint density at radius 2 is 1.81 bits per heavy atom. The highest BCUT2D eigenvalue weighted by Crippen LogP contribution is 2.34. The Morgan fingerprint density at radius 1 is 1.03 bits per heavy atom. The van der Waals surface area contributed by atoms with Crippen molar-refractivity contribution in [1.29, 1.82) is 0 Å². The maximum absolute atomic E-state index is 13.3. The Morgan fingerprint density at radius 3 is 2.55 bits per heavy atom. The van der Waals surface area contributed by atoms with Crippen LogP contribution < -0.4 is 0 Å². The normalized spacial score (nSPS) is 14.9. The van der Waals surface area contributed by atoms with E-state index in [0.717, 1.165) is 27.4 Å². The van der Waals surface area contributed by atoms with Gasteiger partial charge in [0.15, 0.2) is 0 Å². The monoisotopic (exact) mass is 433 g/mol. The number of benzene rings is 2. The molecule has 1 amide bonds. The van der Waals surface area contributed by atoms with Crippen molar-refractivity contribution in [3.63, 3.8) is 0 Å². The van der Waals surface area contributed by atoms with E-state index in [9.17, 15) is 14.7 Å². The highest BCUT2D eigenvalue weighted by Gasteiger charge is 2.29. The number of hydrogen-bond acceptors (Lipinski definition) is 3. The van der Waals surface area contributed by atoms with Gasteiger partial charge >= 0.3 is 5.97 Å². The number of nitrogens with one attached hydrogen (secondary N) is 1. The Bertz CT molecular complexity index is 1320. The summed E-state index contributed by atoms with van der Waals surface area (Å²) in [5, 5.41) is 11.8. The highest BCUT2D eigenvalue weighted by atomic mass is 35.5. The van der Waals surface area contributed by atoms with Crippen LogP contribution in [-0.2, 0) is 4.79 Å². The van der Waals surface area contributed by atoms with Crippen molar-refractivity contribution in [1.82, 2.24) is 14.9 Å². The molecule has 0 saturated carbocycles. The molecule has 1 aliphatic rings. The number of rotatable bonds is 3. The first-order valence-electron chi connectivity index (χ1n) is 10.2. The molecule has 2 N–H and O–H groups in total. The number of aromatic amines is 1. The molecule has 5 rings (SSSR count). The molecule has 0 unspecified atom stereocenters. The number of H-pyrrole nitrogens is 1. The van der Waals surface area contributed by atoms with E-state index in [4.69, 9.17) is 16.6 Å². The van der Waals surface area contributed by atoms with Crippen molar-refractivity contribution in [2.75, 3.05) is 13.1 Å². The summed E-state index contributed by atoms with van der Waals surface area (Å²) in [6, 6.07) is 17.2. The van der Waals surface area contributed by atoms with Crippen molar-refractivity contribution in [2.24, 2.45) is 5.92 Å². The number of aromatic nitrogens is 2. The summed E-state index contributed by atoms with van der Waals surface area (Å²) < 4.78 is 0. The smallest absolute Gasteiger partial charge is 0.306 e. The predicted molar refractivity (Wildman–Crippen MR) is 120 cm³/mol. The number of carboxylic acids is 1. The van der Waals surface area contributed by atoms with Gasteiger partial charge in [0.1, 0.15) is 5.69 Å². The van der Waals surface area contributed by atoms with Crippen LogP contribution in [0.5, 0.6) is 0 Å². The maximum Gasteiger partial charge on any atom is 0.306 e. The minimum Gasteiger partial charge on any atom is -0.481 e. The van der Waals surface area contributed by atoms with E-state index >= 15 is 0 Å². The second kappa shape index (κ2) is 7.71. The molecule has 0 spiro atoms. The predicted octanol–water partition coefficient (Wildman–Crippen LogP) is 4.97. The minimum atomic E-state index is -0.798. The fraction of sp³-hybridized carbons (Fsp3) is 0.208. The molecular formula is C24H20ClN3O3. The Kier molecular flexibility index (Phi) is 4.87. The second-order valence-electron chi connectivity index (χ2n) is 7.86. The number of carboxylic acid groups (broad SMARTS) is 1. The molecule has 3 heterocycles. The summed E-state index contributed by atoms with van der Waals surface area (Å²) in [6.07, 6.45) is 0.912. The lowest BCUT2D eigenvalue weighted by molar-refractivity contribution is -0.143. The van der Waals surface area contributed by atoms with Gasteiger partial charge in [-0.3, -0.25) is 9.59 Å². The van der Waals surface area contributed by atoms with Gasteiger partial charge in [-0.05, 0) is 37.1 Å². The lowest BCUT2D eigenvalue weighted by Gasteiger charge is -2.30. The van der Waals surface area contributed by atoms with E-state index in [1.807, 2.05) is 48.5 Å². The first-order chi connectivity index (χ1) is 15.0. The van der Waals surface area contributed by atoms with Crippen LogP contribution in [0.2, 0.25) is 5.02 Å². The zero-order valence-electron chi connectivity index (χ0n) is 16.6. The molecule has 0 atom stereocenters. The SMILES string of the molecule is O=C(O)C1CCN(C(=O)c2cc3c([nH]c4ccccc43)c(-c3cccc(Cl)c3)n2)CC1. The van der Waals surface area contributed by atoms with Crippen LogP contribution in [0.3, 0.4) is 0 Å². The van der Waals surface area contributed by atoms with Crippen molar-refractivity contribution in [3.05, 3.63) is 65.3 Å². The average Bonchev–Trinajstić information content (AvgIpc) is 3.16. The van der Waals surface area contributed by atoms with Crippen LogP contribution >= 0.6 is 11.6 Å². The van der Waals surface area contributed by atoms with Crippen LogP contribution in [0.4, 0.5) is 0 Å². The number of carbonyl (C=O) groups is 2. The molecule has 1 fully saturated rings. The number of carbonyl (C=O) groups excluding carboxylic acids is 1. The first-order valence-corrected chi connectivity index (χ1v) is 10.6. The molecule has 0 radical (unpaired) electrons. The molecule has 6 nitrogen and oxygen atoms in total. The quantitative estimate of drug-likeness (QED) is 0.477. The van der Waals surface area contributed by atoms with Gasteiger partial charge in [-0.1, -0.05) is 41.9 Å². The average molecular weight is 434 g/mol. The third-order valence-electron chi connectivity index (χ3n) is 5.94. The molecule has 1 aliphatic heterocycles. The minimum absolute atomic E-state index is 0.181. The van der Waals surface area contributed by atoms with Crippen LogP contribution in [0.25, 0.3) is 33.1 Å². The molecule has 0 aliphatic carbocycles. The van der Waals surface area contributed by atoms with Crippen LogP contribution in [0, 0.1) is 5.92 Å². The molecular weight excluding hydrogens is 414 g/mol. The fourth-order valence-corrected chi connectivity index (χ4v) is 4.48. The number of aliphatic carboxylic acids is 1. The number of halogens is 1. The molecule has 2 aromatic heterocycles. The molecule has 31 heavy (non-hydrogen) atoms. The van der Waals surface area contributed by atoms with Gasteiger partial charge in [0.25, 0.3) is 5.91 Å². The number of hydrogen-bond donors (Lipinski definition) is 2. The molecule has 1 saturated heterocycles. The van der Waals surface area contributed by atoms with Gasteiger partial charge in [-0.25, -0.2) is 4.98 Å². The highest BCUT2D eigenvalue weighted by molar-refractivity contribution is 6.31. The third kappa shape index (κ3) is 3.53. The summed E-state index contributed by atoms with van der Waals surface area (Å²) in [6.45, 7) is 0.825. The molecule has 156 valence electrons. The Balaban J connectivity index is 1.63. The number of piperidine rings is 1. The molecule has 7 heteroatoms. The van der Waals surface area contributed by atoms with Crippen LogP contribution in [0.1, 0.15) is 23.3 Å². The zero-order valence-corrected chi connectivity index (χ0v) is 17.4. The summed E-state index contributed by atoms with van der Waals surface area (Å²) in [4.78, 5) is 34.4. The van der Waals surface area contributed by atoms with Gasteiger partial charge in [0, 0.05) is 40.0 Å². The van der Waals surface area contributed by atoms with Gasteiger partial charge in [0.2, 0.25) is 0 Å². The standard InChI is InChI=1S/C24H20ClN3O3/c25-16-5-3-4-15(12-16)21-22-18(17-6-1-2-7-19(17)26-22)13-20(27-21)23(29)28-10-8-14(9-11-28)24(30)31/h1-7,12-14,26H,8-11H2,(H,30,31). The van der Waals surface area contributed by atoms with E-state index in [0.29, 0.717) is 42.3 Å². The second-order valence-corrected chi connectivity index (χ2v) is 8.30. The molecule has 0 bridgehead atoms. The topological polar surface area (TPSA) is 86.3 Å². The summed E-state index contributed by atoms with van der Waals surface area (Å²) in [5.41, 5.74) is 3.66. The van der Waals surface area contributed by atoms with E-state index in [2.05, 4.69) is 4.98 Å². The lowest BCUT2D eigenvalue weighted by atomic mass is 9.97. The number of nitrogens with zero attached hydrogens (tertiary/aromatic N) is 2. The van der Waals surface area contributed by atoms with Crippen LogP contribution in [0.15, 0.2) is 54.6 Å². The molecule has 2 aromatic carbocycles. The number of amides is 1. The van der Waals surface area contributed by atoms with Crippen molar-refractivity contribution < 1.29 is 14.7 Å². The third-order valence-corrected chi connectivity index (χ3v) is 6.18. The van der Waals surface area contributed by atoms with E-state index in [1.54, 1.807) is 11.0 Å². The zero-order chi connectivity index (χ0) is 21.5. The first kappa shape index (κ1) is 19.6. The number of likely N-dealkylation sites (tertiary alicyclic amines) is 1. The number of para-hydroxylation sites is 1. The van der Waals surface area contributed by atoms with Gasteiger partial charge in [-0.15, -0.1) is 0 Å². The lowest BCUT2D eigenvalue weighted by Crippen LogP contribution is -2.40. The van der Waals surface area contributed by atoms with E-state index in [1.165, 1.54) is 0 Å². The Hall–Kier alpha value is -3.38. The largest absolute Gasteiger partial charge is 0.481 e. The van der Waals surface area contributed by atoms with Gasteiger partial charge < -0.3 is 15.0 Å². The summed E-state index contributed by atoms with van der Waals surface area (Å²) in [7, 11) is 0. The number of fused-ring (bicyclic) bond motifs is 3. The van der Waals surface area contributed by atoms with E-state index in [-0.39, 0.29) is 5.91 Å². The van der Waals surface area contributed by atoms with Crippen LogP contribution in [-0.4, -0.2) is 44.9 Å². The maximum atomic E-state index is 13.3. The molecule has 4 aromatic rings. The van der Waals surface area contributed by atoms with Gasteiger partial charge in [0.05, 0.1) is 17.1 Å². The van der Waals surface area contributed by atoms with Crippen molar-refractivity contribution >= 4 is 45.3 Å². The van der Waals surface area contributed by atoms with Crippen molar-refractivity contribution in [3.8, 4) is 11.3 Å². The van der Waals surface area contributed by atoms with Crippen molar-refractivity contribution in [2.45, 2.75) is 12.8 Å². The summed E-state index contributed by atoms with van der Waals surface area (Å²) in [5.74, 6) is -1.37. The fourth-order valence-electron chi connectivity index (χ4n) is 4.29. The Labute approximate surface area is 183 Å². The van der Waals surface area contributed by atoms with E-state index < -0.39 is 11.9 Å². The summed E-state index contributed by atoms with van der Waals surface area (Å²) >= 11 is 6.23. The van der Waals surface area contributed by atoms with Gasteiger partial charge in [-0.2, -0.15) is 0 Å². The number of pyridine rings is 1.